The largest absolute Gasteiger partial charge is 4.00 e. The second kappa shape index (κ2) is 17.7. The maximum Gasteiger partial charge on any atom is 4.00 e. The molecule has 5 heteroatoms. The second-order valence-corrected chi connectivity index (χ2v) is 25.2. The first-order valence-electron chi connectivity index (χ1n) is 19.3. The van der Waals surface area contributed by atoms with Crippen LogP contribution in [0.3, 0.4) is 0 Å². The van der Waals surface area contributed by atoms with Gasteiger partial charge in [0.2, 0.25) is 0 Å². The molecule has 0 N–H and O–H groups in total. The Labute approximate surface area is 367 Å². The smallest absolute Gasteiger partial charge is 1.00 e. The van der Waals surface area contributed by atoms with Crippen LogP contribution in [-0.2, 0) is 60.6 Å². The summed E-state index contributed by atoms with van der Waals surface area (Å²) in [5.41, 5.74) is 10.0. The Balaban J connectivity index is 0.00000702. The van der Waals surface area contributed by atoms with E-state index in [9.17, 15) is 0 Å². The van der Waals surface area contributed by atoms with Gasteiger partial charge in [0, 0.05) is 0 Å². The molecule has 4 rings (SSSR count). The van der Waals surface area contributed by atoms with Gasteiger partial charge in [-0.2, -0.15) is 11.6 Å². The SMILES string of the molecule is CCc1ccc[c-]1[Si](c1cc(C(C)(C)C)cc(C(C)(C)C)c1)(c1cc(C(C)(C)C)cc(C(C)(C)C)c1)c1cc(C(C)(C)C)cc(C(C)(C)C)c1.[Cl-].[Cl-].[Cl-].[Ti+4]. The predicted octanol–water partition coefficient (Wildman–Crippen LogP) is 2.14. The molecule has 0 unspecified atom stereocenters. The number of hydrogen-bond acceptors (Lipinski definition) is 0. The van der Waals surface area contributed by atoms with Crippen LogP contribution in [0.25, 0.3) is 0 Å². The minimum absolute atomic E-state index is 0. The fraction of sp³-hybridized carbons (Fsp3) is 0.531. The second-order valence-electron chi connectivity index (χ2n) is 21.5. The van der Waals surface area contributed by atoms with E-state index in [0.29, 0.717) is 0 Å². The van der Waals surface area contributed by atoms with Gasteiger partial charge in [-0.05, 0) is 65.9 Å². The quantitative estimate of drug-likeness (QED) is 0.165. The van der Waals surface area contributed by atoms with Crippen LogP contribution in [0.2, 0.25) is 0 Å². The fourth-order valence-corrected chi connectivity index (χ4v) is 12.5. The van der Waals surface area contributed by atoms with Gasteiger partial charge in [0.15, 0.2) is 0 Å². The number of benzene rings is 3. The summed E-state index contributed by atoms with van der Waals surface area (Å²) in [6.07, 6.45) is 1.01. The molecule has 0 aromatic heterocycles. The summed E-state index contributed by atoms with van der Waals surface area (Å²) in [4.78, 5) is 0. The van der Waals surface area contributed by atoms with E-state index in [1.165, 1.54) is 54.5 Å². The molecule has 0 nitrogen and oxygen atoms in total. The molecule has 0 heterocycles. The first-order chi connectivity index (χ1) is 22.5. The summed E-state index contributed by atoms with van der Waals surface area (Å²) >= 11 is 0. The molecule has 0 amide bonds. The first-order valence-corrected chi connectivity index (χ1v) is 21.3. The molecule has 4 aromatic rings. The van der Waals surface area contributed by atoms with Crippen molar-refractivity contribution in [2.24, 2.45) is 0 Å². The molecule has 0 aliphatic rings. The molecule has 0 bridgehead atoms. The minimum Gasteiger partial charge on any atom is -1.00 e. The Morgan fingerprint density at radius 1 is 0.407 bits per heavy atom. The Kier molecular flexibility index (Phi) is 17.4. The molecule has 54 heavy (non-hydrogen) atoms. The van der Waals surface area contributed by atoms with E-state index in [2.05, 4.69) is 204 Å². The van der Waals surface area contributed by atoms with Crippen LogP contribution in [0.4, 0.5) is 0 Å². The van der Waals surface area contributed by atoms with Crippen LogP contribution in [0.5, 0.6) is 0 Å². The van der Waals surface area contributed by atoms with E-state index >= 15 is 0 Å². The topological polar surface area (TPSA) is 0 Å². The maximum atomic E-state index is 2.63. The predicted molar refractivity (Wildman–Crippen MR) is 227 cm³/mol. The Morgan fingerprint density at radius 2 is 0.630 bits per heavy atom. The van der Waals surface area contributed by atoms with Crippen molar-refractivity contribution in [2.45, 2.75) is 170 Å². The molecule has 0 aliphatic heterocycles. The van der Waals surface area contributed by atoms with E-state index in [1.807, 2.05) is 0 Å². The monoisotopic (exact) mass is 840 g/mol. The summed E-state index contributed by atoms with van der Waals surface area (Å²) < 4.78 is 0. The summed E-state index contributed by atoms with van der Waals surface area (Å²) in [6, 6.07) is 30.6. The zero-order chi connectivity index (χ0) is 38.0. The number of halogens is 3. The van der Waals surface area contributed by atoms with Gasteiger partial charge in [-0.1, -0.05) is 208 Å². The molecule has 0 fully saturated rings. The summed E-state index contributed by atoms with van der Waals surface area (Å²) in [6.45, 7) is 45.3. The standard InChI is InChI=1S/C49H71Si.3ClH.Ti/c1-20-33-22-21-23-43(33)50(40-27-34(44(2,3)4)24-35(28-40)45(5,6)7,41-29-36(46(8,9)10)25-37(30-41)47(11,12)13)42-31-38(48(14,15)16)26-39(32-42)49(17,18)19;;;;/h21-32H,20H2,1-19H3;3*1H;/q-1;;;;+4/p-3. The molecule has 0 aliphatic carbocycles. The number of hydrogen-bond donors (Lipinski definition) is 0. The molecule has 0 atom stereocenters. The maximum absolute atomic E-state index is 2.97. The normalized spacial score (nSPS) is 12.9. The molecule has 0 saturated heterocycles. The molecular formula is C49H71Cl3SiTi. The van der Waals surface area contributed by atoms with Crippen molar-refractivity contribution in [1.29, 1.82) is 0 Å². The average molecular weight is 842 g/mol. The van der Waals surface area contributed by atoms with Crippen molar-refractivity contribution in [1.82, 2.24) is 0 Å². The summed E-state index contributed by atoms with van der Waals surface area (Å²) in [5.74, 6) is 0. The Hall–Kier alpha value is -1.19. The molecular weight excluding hydrogens is 771 g/mol. The van der Waals surface area contributed by atoms with Crippen LogP contribution in [0.15, 0.2) is 72.8 Å². The third-order valence-corrected chi connectivity index (χ3v) is 15.7. The van der Waals surface area contributed by atoms with Gasteiger partial charge in [0.05, 0.1) is 0 Å². The van der Waals surface area contributed by atoms with E-state index in [0.717, 1.165) is 6.42 Å². The van der Waals surface area contributed by atoms with Gasteiger partial charge in [0.1, 0.15) is 8.07 Å². The third-order valence-electron chi connectivity index (χ3n) is 11.0. The van der Waals surface area contributed by atoms with Crippen LogP contribution in [0, 0.1) is 0 Å². The van der Waals surface area contributed by atoms with E-state index in [1.54, 1.807) is 5.19 Å². The van der Waals surface area contributed by atoms with Gasteiger partial charge >= 0.3 is 21.7 Å². The van der Waals surface area contributed by atoms with Crippen LogP contribution < -0.4 is 58.0 Å². The zero-order valence-corrected chi connectivity index (χ0v) is 42.1. The summed E-state index contributed by atoms with van der Waals surface area (Å²) in [5, 5.41) is 6.07. The zero-order valence-electron chi connectivity index (χ0n) is 37.3. The van der Waals surface area contributed by atoms with Crippen LogP contribution in [-0.4, -0.2) is 8.07 Å². The van der Waals surface area contributed by atoms with Crippen LogP contribution in [0.1, 0.15) is 170 Å². The van der Waals surface area contributed by atoms with Gasteiger partial charge in [0.25, 0.3) is 0 Å². The molecule has 4 aromatic carbocycles. The Bertz CT molecular complexity index is 1560. The van der Waals surface area contributed by atoms with Crippen molar-refractivity contribution < 1.29 is 58.9 Å². The van der Waals surface area contributed by atoms with Crippen molar-refractivity contribution in [2.75, 3.05) is 0 Å². The van der Waals surface area contributed by atoms with Gasteiger partial charge in [-0.3, -0.25) is 0 Å². The molecule has 296 valence electrons. The Morgan fingerprint density at radius 3 is 0.815 bits per heavy atom. The first kappa shape index (κ1) is 52.8. The summed E-state index contributed by atoms with van der Waals surface area (Å²) in [7, 11) is -2.97. The van der Waals surface area contributed by atoms with E-state index in [-0.39, 0.29) is 91.4 Å². The average Bonchev–Trinajstić information content (AvgIpc) is 3.43. The molecule has 0 radical (unpaired) electrons. The van der Waals surface area contributed by atoms with Gasteiger partial charge in [-0.15, -0.1) is 5.19 Å². The van der Waals surface area contributed by atoms with E-state index in [4.69, 9.17) is 0 Å². The minimum atomic E-state index is -2.97. The van der Waals surface area contributed by atoms with Crippen molar-refractivity contribution in [3.8, 4) is 0 Å². The molecule has 0 spiro atoms. The van der Waals surface area contributed by atoms with Gasteiger partial charge < -0.3 is 37.2 Å². The third kappa shape index (κ3) is 11.1. The number of rotatable bonds is 5. The van der Waals surface area contributed by atoms with Crippen LogP contribution >= 0.6 is 0 Å². The van der Waals surface area contributed by atoms with E-state index < -0.39 is 8.07 Å². The molecule has 0 saturated carbocycles. The van der Waals surface area contributed by atoms with Crippen molar-refractivity contribution in [3.63, 3.8) is 0 Å². The fourth-order valence-electron chi connectivity index (χ4n) is 7.23. The van der Waals surface area contributed by atoms with Gasteiger partial charge in [-0.25, -0.2) is 12.1 Å². The van der Waals surface area contributed by atoms with Crippen molar-refractivity contribution in [3.05, 3.63) is 112 Å². The van der Waals surface area contributed by atoms with Crippen molar-refractivity contribution >= 4 is 28.8 Å². The number of aryl methyl sites for hydroxylation is 1.